The minimum atomic E-state index is -0.527. The van der Waals surface area contributed by atoms with Crippen LogP contribution in [-0.2, 0) is 4.74 Å². The number of hydrogen-bond donors (Lipinski definition) is 0. The third-order valence-corrected chi connectivity index (χ3v) is 1.83. The molecule has 1 aromatic rings. The predicted octanol–water partition coefficient (Wildman–Crippen LogP) is 0.742. The van der Waals surface area contributed by atoms with Crippen molar-refractivity contribution in [1.29, 1.82) is 0 Å². The van der Waals surface area contributed by atoms with Crippen LogP contribution in [0.5, 0.6) is 0 Å². The molecule has 0 N–H and O–H groups in total. The van der Waals surface area contributed by atoms with E-state index in [4.69, 9.17) is 0 Å². The van der Waals surface area contributed by atoms with E-state index in [1.54, 1.807) is 0 Å². The molecular formula is C6H5NO3S. The number of ether oxygens (including phenoxy) is 1. The zero-order valence-corrected chi connectivity index (χ0v) is 6.55. The van der Waals surface area contributed by atoms with E-state index in [0.29, 0.717) is 11.2 Å². The van der Waals surface area contributed by atoms with Crippen LogP contribution < -0.4 is 0 Å². The zero-order valence-electron chi connectivity index (χ0n) is 5.73. The Morgan fingerprint density at radius 3 is 3.09 bits per heavy atom. The molecule has 5 heteroatoms. The van der Waals surface area contributed by atoms with E-state index in [0.717, 1.165) is 11.5 Å². The standard InChI is InChI=1S/C6H5NO3S/c1-10-6(9)4-2-7-11-5(4)3-8/h2-3H,1H3. The number of rotatable bonds is 2. The lowest BCUT2D eigenvalue weighted by Crippen LogP contribution is -2.01. The molecule has 1 aromatic heterocycles. The molecule has 0 saturated heterocycles. The molecule has 58 valence electrons. The maximum absolute atomic E-state index is 10.8. The summed E-state index contributed by atoms with van der Waals surface area (Å²) < 4.78 is 8.08. The third-order valence-electron chi connectivity index (χ3n) is 1.11. The molecule has 0 atom stereocenters. The smallest absolute Gasteiger partial charge is 0.341 e. The Morgan fingerprint density at radius 1 is 1.82 bits per heavy atom. The second-order valence-electron chi connectivity index (χ2n) is 1.71. The molecule has 0 fully saturated rings. The molecule has 0 radical (unpaired) electrons. The van der Waals surface area contributed by atoms with Gasteiger partial charge >= 0.3 is 5.97 Å². The lowest BCUT2D eigenvalue weighted by molar-refractivity contribution is 0.0599. The number of aromatic nitrogens is 1. The Kier molecular flexibility index (Phi) is 2.32. The van der Waals surface area contributed by atoms with Gasteiger partial charge in [0.2, 0.25) is 0 Å². The molecule has 0 unspecified atom stereocenters. The molecule has 11 heavy (non-hydrogen) atoms. The first-order chi connectivity index (χ1) is 5.29. The van der Waals surface area contributed by atoms with E-state index in [1.165, 1.54) is 13.3 Å². The van der Waals surface area contributed by atoms with Crippen molar-refractivity contribution in [1.82, 2.24) is 4.37 Å². The summed E-state index contributed by atoms with van der Waals surface area (Å²) in [6.07, 6.45) is 1.91. The molecule has 0 aromatic carbocycles. The Bertz CT molecular complexity index is 281. The molecule has 0 amide bonds. The second kappa shape index (κ2) is 3.25. The average Bonchev–Trinajstić information content (AvgIpc) is 2.50. The number of carbonyl (C=O) groups is 2. The lowest BCUT2D eigenvalue weighted by Gasteiger charge is -1.92. The maximum Gasteiger partial charge on any atom is 0.341 e. The van der Waals surface area contributed by atoms with Crippen LogP contribution in [0.25, 0.3) is 0 Å². The molecule has 0 spiro atoms. The molecular weight excluding hydrogens is 166 g/mol. The van der Waals surface area contributed by atoms with Gasteiger partial charge in [-0.15, -0.1) is 0 Å². The summed E-state index contributed by atoms with van der Waals surface area (Å²) in [5.41, 5.74) is 0.229. The van der Waals surface area contributed by atoms with Gasteiger partial charge in [-0.05, 0) is 11.5 Å². The summed E-state index contributed by atoms with van der Waals surface area (Å²) >= 11 is 0.974. The number of hydrogen-bond acceptors (Lipinski definition) is 5. The maximum atomic E-state index is 10.8. The van der Waals surface area contributed by atoms with Crippen molar-refractivity contribution in [3.05, 3.63) is 16.6 Å². The molecule has 0 bridgehead atoms. The van der Waals surface area contributed by atoms with Gasteiger partial charge < -0.3 is 4.74 Å². The van der Waals surface area contributed by atoms with Gasteiger partial charge in [0, 0.05) is 0 Å². The lowest BCUT2D eigenvalue weighted by atomic mass is 10.3. The van der Waals surface area contributed by atoms with Gasteiger partial charge in [0.25, 0.3) is 0 Å². The minimum absolute atomic E-state index is 0.229. The summed E-state index contributed by atoms with van der Waals surface area (Å²) in [6, 6.07) is 0. The molecule has 0 aliphatic carbocycles. The third kappa shape index (κ3) is 1.43. The second-order valence-corrected chi connectivity index (χ2v) is 2.55. The normalized spacial score (nSPS) is 9.18. The summed E-state index contributed by atoms with van der Waals surface area (Å²) in [7, 11) is 1.26. The SMILES string of the molecule is COC(=O)c1cnsc1C=O. The number of methoxy groups -OCH3 is 1. The van der Waals surface area contributed by atoms with Crippen LogP contribution in [0.4, 0.5) is 0 Å². The summed E-state index contributed by atoms with van der Waals surface area (Å²) in [6.45, 7) is 0. The van der Waals surface area contributed by atoms with Gasteiger partial charge in [-0.3, -0.25) is 4.79 Å². The van der Waals surface area contributed by atoms with Gasteiger partial charge in [0.1, 0.15) is 10.4 Å². The monoisotopic (exact) mass is 171 g/mol. The van der Waals surface area contributed by atoms with E-state index < -0.39 is 5.97 Å². The minimum Gasteiger partial charge on any atom is -0.465 e. The van der Waals surface area contributed by atoms with E-state index in [1.807, 2.05) is 0 Å². The molecule has 1 heterocycles. The Morgan fingerprint density at radius 2 is 2.55 bits per heavy atom. The summed E-state index contributed by atoms with van der Waals surface area (Å²) in [5, 5.41) is 0. The average molecular weight is 171 g/mol. The first kappa shape index (κ1) is 7.87. The largest absolute Gasteiger partial charge is 0.465 e. The molecule has 0 saturated carbocycles. The Hall–Kier alpha value is -1.23. The number of nitrogens with zero attached hydrogens (tertiary/aromatic N) is 1. The van der Waals surface area contributed by atoms with Crippen molar-refractivity contribution in [3.8, 4) is 0 Å². The van der Waals surface area contributed by atoms with Crippen molar-refractivity contribution >= 4 is 23.8 Å². The zero-order chi connectivity index (χ0) is 8.27. The number of esters is 1. The fourth-order valence-electron chi connectivity index (χ4n) is 0.597. The van der Waals surface area contributed by atoms with Crippen LogP contribution in [0.15, 0.2) is 6.20 Å². The van der Waals surface area contributed by atoms with E-state index >= 15 is 0 Å². The number of carbonyl (C=O) groups excluding carboxylic acids is 2. The topological polar surface area (TPSA) is 56.3 Å². The highest BCUT2D eigenvalue weighted by Gasteiger charge is 2.12. The fraction of sp³-hybridized carbons (Fsp3) is 0.167. The van der Waals surface area contributed by atoms with Gasteiger partial charge in [-0.1, -0.05) is 0 Å². The summed E-state index contributed by atoms with van der Waals surface area (Å²) in [5.74, 6) is -0.527. The highest BCUT2D eigenvalue weighted by atomic mass is 32.1. The van der Waals surface area contributed by atoms with Gasteiger partial charge in [0.15, 0.2) is 6.29 Å². The van der Waals surface area contributed by atoms with Crippen molar-refractivity contribution in [3.63, 3.8) is 0 Å². The molecule has 4 nitrogen and oxygen atoms in total. The van der Waals surface area contributed by atoms with Crippen LogP contribution in [0, 0.1) is 0 Å². The van der Waals surface area contributed by atoms with Crippen LogP contribution >= 0.6 is 11.5 Å². The van der Waals surface area contributed by atoms with Crippen LogP contribution in [0.1, 0.15) is 20.0 Å². The first-order valence-corrected chi connectivity index (χ1v) is 3.55. The first-order valence-electron chi connectivity index (χ1n) is 2.77. The van der Waals surface area contributed by atoms with Crippen LogP contribution in [0.2, 0.25) is 0 Å². The van der Waals surface area contributed by atoms with Crippen molar-refractivity contribution < 1.29 is 14.3 Å². The Balaban J connectivity index is 3.01. The van der Waals surface area contributed by atoms with Crippen LogP contribution in [-0.4, -0.2) is 23.7 Å². The predicted molar refractivity (Wildman–Crippen MR) is 38.8 cm³/mol. The fourth-order valence-corrected chi connectivity index (χ4v) is 1.15. The van der Waals surface area contributed by atoms with Crippen molar-refractivity contribution in [2.75, 3.05) is 7.11 Å². The van der Waals surface area contributed by atoms with Gasteiger partial charge in [0.05, 0.1) is 13.3 Å². The number of aldehydes is 1. The van der Waals surface area contributed by atoms with Crippen LogP contribution in [0.3, 0.4) is 0 Å². The highest BCUT2D eigenvalue weighted by Crippen LogP contribution is 2.11. The van der Waals surface area contributed by atoms with Crippen molar-refractivity contribution in [2.24, 2.45) is 0 Å². The molecule has 0 aliphatic rings. The summed E-state index contributed by atoms with van der Waals surface area (Å²) in [4.78, 5) is 21.4. The van der Waals surface area contributed by atoms with Gasteiger partial charge in [-0.2, -0.15) is 4.37 Å². The van der Waals surface area contributed by atoms with Gasteiger partial charge in [-0.25, -0.2) is 4.79 Å². The highest BCUT2D eigenvalue weighted by molar-refractivity contribution is 7.08. The molecule has 0 aliphatic heterocycles. The molecule has 1 rings (SSSR count). The van der Waals surface area contributed by atoms with E-state index in [-0.39, 0.29) is 5.56 Å². The quantitative estimate of drug-likeness (QED) is 0.486. The Labute approximate surface area is 67.0 Å². The van der Waals surface area contributed by atoms with Crippen molar-refractivity contribution in [2.45, 2.75) is 0 Å². The van der Waals surface area contributed by atoms with E-state index in [9.17, 15) is 9.59 Å². The van der Waals surface area contributed by atoms with E-state index in [2.05, 4.69) is 9.11 Å².